The molecular weight excluding hydrogens is 940 g/mol. The Bertz CT molecular complexity index is 1360. The van der Waals surface area contributed by atoms with Gasteiger partial charge in [0.25, 0.3) is 7.82 Å². The van der Waals surface area contributed by atoms with Crippen LogP contribution >= 0.6 is 7.82 Å². The number of nitrogens with one attached hydrogen (secondary N) is 1. The first-order valence-corrected chi connectivity index (χ1v) is 33.3. The summed E-state index contributed by atoms with van der Waals surface area (Å²) in [4.78, 5) is 40.0. The molecule has 0 aromatic heterocycles. The van der Waals surface area contributed by atoms with Crippen molar-refractivity contribution < 1.29 is 37.3 Å². The molecule has 436 valence electrons. The van der Waals surface area contributed by atoms with Crippen molar-refractivity contribution in [1.29, 1.82) is 0 Å². The first-order chi connectivity index (χ1) is 35.9. The average Bonchev–Trinajstić information content (AvgIpc) is 3.36. The summed E-state index contributed by atoms with van der Waals surface area (Å²) < 4.78 is 30.3. The SMILES string of the molecule is CCCCC/C=C\C/C=C\CCCCCCCCCCCCCC(=O)OC(/C=C/CCCCCCCCCCCC)C(COP(=O)([O-])OCC[N+](C)(C)C)NC(=O)CCCCCCCCCCCCCCCCC. The lowest BCUT2D eigenvalue weighted by molar-refractivity contribution is -0.870. The number of hydrogen-bond acceptors (Lipinski definition) is 7. The van der Waals surface area contributed by atoms with E-state index in [9.17, 15) is 19.0 Å². The summed E-state index contributed by atoms with van der Waals surface area (Å²) in [7, 11) is 1.20. The van der Waals surface area contributed by atoms with Crippen LogP contribution in [0.5, 0.6) is 0 Å². The standard InChI is InChI=1S/C64H123N2O7P/c1-7-10-13-16-19-22-25-28-30-31-32-33-34-35-37-39-42-45-48-51-54-57-64(68)73-62(55-52-49-46-43-40-27-24-21-18-15-12-9-3)61(60-72-74(69,70)71-59-58-66(4,5)6)65-63(67)56-53-50-47-44-41-38-36-29-26-23-20-17-14-11-8-2/h19,22,28,30,52,55,61-62H,7-18,20-21,23-27,29,31-51,53-54,56-60H2,1-6H3,(H-,65,67,69,70)/b22-19-,30-28-,55-52+. The smallest absolute Gasteiger partial charge is 0.306 e. The van der Waals surface area contributed by atoms with Crippen LogP contribution in [0.1, 0.15) is 310 Å². The molecule has 0 heterocycles. The van der Waals surface area contributed by atoms with E-state index in [1.54, 1.807) is 0 Å². The van der Waals surface area contributed by atoms with Gasteiger partial charge in [0.15, 0.2) is 0 Å². The number of amides is 1. The van der Waals surface area contributed by atoms with Crippen LogP contribution in [0.3, 0.4) is 0 Å². The fourth-order valence-corrected chi connectivity index (χ4v) is 10.1. The summed E-state index contributed by atoms with van der Waals surface area (Å²) >= 11 is 0. The number of likely N-dealkylation sites (N-methyl/N-ethyl adjacent to an activating group) is 1. The van der Waals surface area contributed by atoms with Gasteiger partial charge in [-0.05, 0) is 63.9 Å². The van der Waals surface area contributed by atoms with Crippen LogP contribution in [0.2, 0.25) is 0 Å². The number of carbonyl (C=O) groups is 2. The number of allylic oxidation sites excluding steroid dienone is 5. The number of phosphoric ester groups is 1. The van der Waals surface area contributed by atoms with E-state index in [2.05, 4.69) is 50.4 Å². The summed E-state index contributed by atoms with van der Waals surface area (Å²) in [6.45, 7) is 6.85. The molecule has 0 bridgehead atoms. The highest BCUT2D eigenvalue weighted by Crippen LogP contribution is 2.38. The van der Waals surface area contributed by atoms with Crippen molar-refractivity contribution in [3.05, 3.63) is 36.5 Å². The Hall–Kier alpha value is -1.77. The van der Waals surface area contributed by atoms with Crippen molar-refractivity contribution in [3.63, 3.8) is 0 Å². The maximum atomic E-state index is 13.5. The van der Waals surface area contributed by atoms with E-state index < -0.39 is 20.0 Å². The van der Waals surface area contributed by atoms with E-state index in [1.807, 2.05) is 33.3 Å². The van der Waals surface area contributed by atoms with E-state index in [-0.39, 0.29) is 31.5 Å². The minimum Gasteiger partial charge on any atom is -0.756 e. The predicted octanol–water partition coefficient (Wildman–Crippen LogP) is 18.9. The molecule has 1 N–H and O–H groups in total. The van der Waals surface area contributed by atoms with Gasteiger partial charge in [0.2, 0.25) is 5.91 Å². The minimum atomic E-state index is -4.69. The van der Waals surface area contributed by atoms with Crippen molar-refractivity contribution in [1.82, 2.24) is 5.32 Å². The Kier molecular flexibility index (Phi) is 53.3. The Morgan fingerprint density at radius 1 is 0.473 bits per heavy atom. The topological polar surface area (TPSA) is 114 Å². The van der Waals surface area contributed by atoms with Gasteiger partial charge in [0.1, 0.15) is 19.3 Å². The molecule has 0 saturated carbocycles. The quantitative estimate of drug-likeness (QED) is 0.0212. The number of nitrogens with zero attached hydrogens (tertiary/aromatic N) is 1. The number of rotatable bonds is 58. The van der Waals surface area contributed by atoms with Gasteiger partial charge < -0.3 is 28.5 Å². The summed E-state index contributed by atoms with van der Waals surface area (Å²) in [5.74, 6) is -0.529. The van der Waals surface area contributed by atoms with Crippen LogP contribution in [0.15, 0.2) is 36.5 Å². The van der Waals surface area contributed by atoms with E-state index in [0.717, 1.165) is 64.2 Å². The Morgan fingerprint density at radius 2 is 0.824 bits per heavy atom. The second-order valence-corrected chi connectivity index (χ2v) is 24.3. The number of esters is 1. The normalized spacial score (nSPS) is 13.9. The van der Waals surface area contributed by atoms with Gasteiger partial charge in [-0.3, -0.25) is 14.2 Å². The van der Waals surface area contributed by atoms with Gasteiger partial charge in [-0.25, -0.2) is 0 Å². The van der Waals surface area contributed by atoms with Gasteiger partial charge in [-0.15, -0.1) is 0 Å². The second kappa shape index (κ2) is 54.6. The Balaban J connectivity index is 5.18. The van der Waals surface area contributed by atoms with Crippen molar-refractivity contribution in [3.8, 4) is 0 Å². The van der Waals surface area contributed by atoms with E-state index >= 15 is 0 Å². The molecule has 74 heavy (non-hydrogen) atoms. The first-order valence-electron chi connectivity index (χ1n) is 31.8. The molecular formula is C64H123N2O7P. The molecule has 1 amide bonds. The predicted molar refractivity (Wildman–Crippen MR) is 316 cm³/mol. The van der Waals surface area contributed by atoms with Crippen LogP contribution in [0.4, 0.5) is 0 Å². The van der Waals surface area contributed by atoms with Crippen molar-refractivity contribution in [2.75, 3.05) is 40.9 Å². The Morgan fingerprint density at radius 3 is 1.24 bits per heavy atom. The minimum absolute atomic E-state index is 0.0199. The highest BCUT2D eigenvalue weighted by atomic mass is 31.2. The summed E-state index contributed by atoms with van der Waals surface area (Å²) in [6.07, 6.45) is 65.3. The molecule has 0 aliphatic heterocycles. The second-order valence-electron chi connectivity index (χ2n) is 22.9. The zero-order chi connectivity index (χ0) is 54.3. The van der Waals surface area contributed by atoms with Gasteiger partial charge >= 0.3 is 5.97 Å². The zero-order valence-corrected chi connectivity index (χ0v) is 50.7. The van der Waals surface area contributed by atoms with E-state index in [0.29, 0.717) is 17.4 Å². The first kappa shape index (κ1) is 72.2. The third-order valence-electron chi connectivity index (χ3n) is 14.3. The fourth-order valence-electron chi connectivity index (χ4n) is 9.38. The van der Waals surface area contributed by atoms with Gasteiger partial charge in [-0.1, -0.05) is 269 Å². The highest BCUT2D eigenvalue weighted by Gasteiger charge is 2.27. The largest absolute Gasteiger partial charge is 0.756 e. The molecule has 9 nitrogen and oxygen atoms in total. The number of unbranched alkanes of at least 4 members (excludes halogenated alkanes) is 38. The lowest BCUT2D eigenvalue weighted by Crippen LogP contribution is -2.47. The molecule has 0 aromatic rings. The molecule has 10 heteroatoms. The molecule has 0 aliphatic rings. The summed E-state index contributed by atoms with van der Waals surface area (Å²) in [5.41, 5.74) is 0. The average molecular weight is 1060 g/mol. The molecule has 0 aliphatic carbocycles. The van der Waals surface area contributed by atoms with Crippen LogP contribution in [0, 0.1) is 0 Å². The number of ether oxygens (including phenoxy) is 1. The molecule has 3 atom stereocenters. The number of phosphoric acid groups is 1. The fraction of sp³-hybridized carbons (Fsp3) is 0.875. The van der Waals surface area contributed by atoms with Gasteiger partial charge in [0, 0.05) is 12.8 Å². The van der Waals surface area contributed by atoms with Gasteiger partial charge in [-0.2, -0.15) is 0 Å². The lowest BCUT2D eigenvalue weighted by Gasteiger charge is -2.30. The van der Waals surface area contributed by atoms with E-state index in [1.165, 1.54) is 212 Å². The lowest BCUT2D eigenvalue weighted by atomic mass is 10.0. The number of carbonyl (C=O) groups excluding carboxylic acids is 2. The van der Waals surface area contributed by atoms with Crippen molar-refractivity contribution in [2.24, 2.45) is 0 Å². The summed E-state index contributed by atoms with van der Waals surface area (Å²) in [5, 5.41) is 3.03. The van der Waals surface area contributed by atoms with Crippen LogP contribution < -0.4 is 10.2 Å². The van der Waals surface area contributed by atoms with Gasteiger partial charge in [0.05, 0.1) is 33.8 Å². The number of quaternary nitrogens is 1. The summed E-state index contributed by atoms with van der Waals surface area (Å²) in [6, 6.07) is -0.884. The molecule has 0 radical (unpaired) electrons. The van der Waals surface area contributed by atoms with Crippen LogP contribution in [-0.2, 0) is 27.9 Å². The third kappa shape index (κ3) is 55.0. The van der Waals surface area contributed by atoms with Crippen molar-refractivity contribution >= 4 is 19.7 Å². The molecule has 3 unspecified atom stereocenters. The van der Waals surface area contributed by atoms with E-state index in [4.69, 9.17) is 13.8 Å². The highest BCUT2D eigenvalue weighted by molar-refractivity contribution is 7.45. The maximum absolute atomic E-state index is 13.5. The molecule has 0 aromatic carbocycles. The van der Waals surface area contributed by atoms with Crippen LogP contribution in [0.25, 0.3) is 0 Å². The molecule has 0 rings (SSSR count). The third-order valence-corrected chi connectivity index (χ3v) is 15.3. The zero-order valence-electron chi connectivity index (χ0n) is 49.8. The molecule has 0 fully saturated rings. The monoisotopic (exact) mass is 1060 g/mol. The number of hydrogen-bond donors (Lipinski definition) is 1. The molecule has 0 spiro atoms. The van der Waals surface area contributed by atoms with Crippen molar-refractivity contribution in [2.45, 2.75) is 322 Å². The van der Waals surface area contributed by atoms with Crippen LogP contribution in [-0.4, -0.2) is 69.4 Å². The molecule has 0 saturated heterocycles. The Labute approximate surface area is 459 Å². The maximum Gasteiger partial charge on any atom is 0.306 e.